The Morgan fingerprint density at radius 3 is 3.00 bits per heavy atom. The van der Waals surface area contributed by atoms with Crippen LogP contribution in [0, 0.1) is 17.7 Å². The van der Waals surface area contributed by atoms with Crippen molar-refractivity contribution in [2.45, 2.75) is 38.6 Å². The lowest BCUT2D eigenvalue weighted by Gasteiger charge is -2.23. The molecule has 0 aromatic heterocycles. The first-order valence-corrected chi connectivity index (χ1v) is 7.37. The van der Waals surface area contributed by atoms with Crippen LogP contribution in [0.15, 0.2) is 18.2 Å². The number of nitrogens with zero attached hydrogens (tertiary/aromatic N) is 1. The molecule has 1 aliphatic heterocycles. The summed E-state index contributed by atoms with van der Waals surface area (Å²) in [5, 5.41) is 8.65. The van der Waals surface area contributed by atoms with Crippen LogP contribution in [0.4, 0.5) is 4.39 Å². The fraction of sp³-hybridized carbons (Fsp3) is 0.471. The van der Waals surface area contributed by atoms with Crippen molar-refractivity contribution < 1.29 is 14.3 Å². The molecular formula is C17H20FNO2. The summed E-state index contributed by atoms with van der Waals surface area (Å²) in [5.41, 5.74) is 0.633. The molecule has 112 valence electrons. The number of carbonyl (C=O) groups is 1. The van der Waals surface area contributed by atoms with E-state index in [0.717, 1.165) is 25.8 Å². The van der Waals surface area contributed by atoms with Gasteiger partial charge in [-0.2, -0.15) is 0 Å². The molecule has 2 rings (SSSR count). The van der Waals surface area contributed by atoms with Gasteiger partial charge >= 0.3 is 0 Å². The number of aliphatic hydroxyl groups excluding tert-OH is 1. The van der Waals surface area contributed by atoms with Gasteiger partial charge in [-0.15, -0.1) is 0 Å². The van der Waals surface area contributed by atoms with Gasteiger partial charge in [0.15, 0.2) is 0 Å². The molecule has 3 nitrogen and oxygen atoms in total. The van der Waals surface area contributed by atoms with Gasteiger partial charge in [0, 0.05) is 24.6 Å². The average Bonchev–Trinajstić information content (AvgIpc) is 2.96. The Balaban J connectivity index is 2.16. The SMILES string of the molecule is CCC1CCCN1C(=O)c1ccc(C#CCCO)c(F)c1. The molecule has 0 radical (unpaired) electrons. The minimum atomic E-state index is -0.487. The van der Waals surface area contributed by atoms with Gasteiger partial charge < -0.3 is 10.0 Å². The molecule has 0 saturated carbocycles. The van der Waals surface area contributed by atoms with E-state index in [2.05, 4.69) is 18.8 Å². The summed E-state index contributed by atoms with van der Waals surface area (Å²) in [6, 6.07) is 4.68. The highest BCUT2D eigenvalue weighted by Crippen LogP contribution is 2.23. The summed E-state index contributed by atoms with van der Waals surface area (Å²) in [6.07, 6.45) is 3.28. The number of halogens is 1. The minimum absolute atomic E-state index is 0.0431. The molecule has 4 heteroatoms. The van der Waals surface area contributed by atoms with E-state index in [1.54, 1.807) is 6.07 Å². The first-order chi connectivity index (χ1) is 10.2. The summed E-state index contributed by atoms with van der Waals surface area (Å²) >= 11 is 0. The second kappa shape index (κ2) is 7.24. The predicted molar refractivity (Wildman–Crippen MR) is 79.3 cm³/mol. The van der Waals surface area contributed by atoms with E-state index >= 15 is 0 Å². The fourth-order valence-electron chi connectivity index (χ4n) is 2.66. The number of benzene rings is 1. The average molecular weight is 289 g/mol. The van der Waals surface area contributed by atoms with Crippen LogP contribution in [0.1, 0.15) is 48.5 Å². The molecule has 1 aliphatic rings. The maximum Gasteiger partial charge on any atom is 0.254 e. The van der Waals surface area contributed by atoms with E-state index in [4.69, 9.17) is 5.11 Å². The Morgan fingerprint density at radius 1 is 1.52 bits per heavy atom. The van der Waals surface area contributed by atoms with Crippen molar-refractivity contribution in [2.75, 3.05) is 13.2 Å². The zero-order chi connectivity index (χ0) is 15.2. The smallest absolute Gasteiger partial charge is 0.254 e. The van der Waals surface area contributed by atoms with Gasteiger partial charge in [-0.25, -0.2) is 4.39 Å². The molecule has 1 aromatic carbocycles. The van der Waals surface area contributed by atoms with Crippen LogP contribution in [-0.2, 0) is 0 Å². The Kier molecular flexibility index (Phi) is 5.35. The molecule has 1 saturated heterocycles. The number of hydrogen-bond acceptors (Lipinski definition) is 2. The van der Waals surface area contributed by atoms with Crippen molar-refractivity contribution in [1.29, 1.82) is 0 Å². The maximum atomic E-state index is 14.0. The molecule has 1 fully saturated rings. The number of hydrogen-bond donors (Lipinski definition) is 1. The van der Waals surface area contributed by atoms with Gasteiger partial charge in [0.2, 0.25) is 0 Å². The fourth-order valence-corrected chi connectivity index (χ4v) is 2.66. The predicted octanol–water partition coefficient (Wildman–Crippen LogP) is 2.57. The summed E-state index contributed by atoms with van der Waals surface area (Å²) in [6.45, 7) is 2.77. The van der Waals surface area contributed by atoms with E-state index in [0.29, 0.717) is 12.0 Å². The van der Waals surface area contributed by atoms with Crippen LogP contribution in [0.5, 0.6) is 0 Å². The van der Waals surface area contributed by atoms with E-state index < -0.39 is 5.82 Å². The zero-order valence-electron chi connectivity index (χ0n) is 12.2. The van der Waals surface area contributed by atoms with E-state index in [-0.39, 0.29) is 24.1 Å². The third kappa shape index (κ3) is 3.62. The van der Waals surface area contributed by atoms with Crippen molar-refractivity contribution in [1.82, 2.24) is 4.90 Å². The number of likely N-dealkylation sites (tertiary alicyclic amines) is 1. The molecule has 0 spiro atoms. The number of rotatable bonds is 3. The maximum absolute atomic E-state index is 14.0. The first-order valence-electron chi connectivity index (χ1n) is 7.37. The summed E-state index contributed by atoms with van der Waals surface area (Å²) in [5.74, 6) is 4.75. The second-order valence-electron chi connectivity index (χ2n) is 5.17. The van der Waals surface area contributed by atoms with E-state index in [1.165, 1.54) is 12.1 Å². The lowest BCUT2D eigenvalue weighted by atomic mass is 10.1. The largest absolute Gasteiger partial charge is 0.395 e. The van der Waals surface area contributed by atoms with Gasteiger partial charge in [0.05, 0.1) is 12.2 Å². The quantitative estimate of drug-likeness (QED) is 0.869. The summed E-state index contributed by atoms with van der Waals surface area (Å²) in [7, 11) is 0. The molecule has 1 heterocycles. The number of aliphatic hydroxyl groups is 1. The molecule has 0 aliphatic carbocycles. The number of amides is 1. The molecular weight excluding hydrogens is 269 g/mol. The third-order valence-corrected chi connectivity index (χ3v) is 3.79. The topological polar surface area (TPSA) is 40.5 Å². The Labute approximate surface area is 124 Å². The minimum Gasteiger partial charge on any atom is -0.395 e. The van der Waals surface area contributed by atoms with Gasteiger partial charge in [-0.05, 0) is 37.5 Å². The Hall–Kier alpha value is -1.86. The first kappa shape index (κ1) is 15.5. The van der Waals surface area contributed by atoms with Crippen molar-refractivity contribution in [3.63, 3.8) is 0 Å². The van der Waals surface area contributed by atoms with Crippen LogP contribution >= 0.6 is 0 Å². The lowest BCUT2D eigenvalue weighted by Crippen LogP contribution is -2.35. The van der Waals surface area contributed by atoms with Crippen LogP contribution < -0.4 is 0 Å². The van der Waals surface area contributed by atoms with Crippen LogP contribution in [0.25, 0.3) is 0 Å². The standard InChI is InChI=1S/C17H20FNO2/c1-2-15-7-5-10-19(15)17(21)14-9-8-13(16(18)12-14)6-3-4-11-20/h8-9,12,15,20H,2,4-5,7,10-11H2,1H3. The normalized spacial score (nSPS) is 17.5. The van der Waals surface area contributed by atoms with Crippen LogP contribution in [0.2, 0.25) is 0 Å². The highest BCUT2D eigenvalue weighted by Gasteiger charge is 2.28. The zero-order valence-corrected chi connectivity index (χ0v) is 12.2. The highest BCUT2D eigenvalue weighted by molar-refractivity contribution is 5.94. The molecule has 1 amide bonds. The van der Waals surface area contributed by atoms with Crippen molar-refractivity contribution >= 4 is 5.91 Å². The molecule has 1 atom stereocenters. The van der Waals surface area contributed by atoms with Crippen molar-refractivity contribution in [2.24, 2.45) is 0 Å². The lowest BCUT2D eigenvalue weighted by molar-refractivity contribution is 0.0733. The van der Waals surface area contributed by atoms with Crippen LogP contribution in [0.3, 0.4) is 0 Å². The second-order valence-corrected chi connectivity index (χ2v) is 5.17. The number of carbonyl (C=O) groups excluding carboxylic acids is 1. The molecule has 1 unspecified atom stereocenters. The highest BCUT2D eigenvalue weighted by atomic mass is 19.1. The van der Waals surface area contributed by atoms with E-state index in [1.807, 2.05) is 4.90 Å². The van der Waals surface area contributed by atoms with E-state index in [9.17, 15) is 9.18 Å². The van der Waals surface area contributed by atoms with Gasteiger partial charge in [-0.1, -0.05) is 18.8 Å². The Morgan fingerprint density at radius 2 is 2.33 bits per heavy atom. The summed E-state index contributed by atoms with van der Waals surface area (Å²) in [4.78, 5) is 14.3. The molecule has 1 aromatic rings. The monoisotopic (exact) mass is 289 g/mol. The summed E-state index contributed by atoms with van der Waals surface area (Å²) < 4.78 is 14.0. The van der Waals surface area contributed by atoms with Gasteiger partial charge in [-0.3, -0.25) is 4.79 Å². The molecule has 0 bridgehead atoms. The molecule has 21 heavy (non-hydrogen) atoms. The van der Waals surface area contributed by atoms with Gasteiger partial charge in [0.1, 0.15) is 5.82 Å². The van der Waals surface area contributed by atoms with Crippen LogP contribution in [-0.4, -0.2) is 35.1 Å². The van der Waals surface area contributed by atoms with Crippen molar-refractivity contribution in [3.05, 3.63) is 35.1 Å². The Bertz CT molecular complexity index is 574. The molecule has 1 N–H and O–H groups in total. The van der Waals surface area contributed by atoms with Crippen molar-refractivity contribution in [3.8, 4) is 11.8 Å². The third-order valence-electron chi connectivity index (χ3n) is 3.79. The van der Waals surface area contributed by atoms with Gasteiger partial charge in [0.25, 0.3) is 5.91 Å².